The second-order valence-corrected chi connectivity index (χ2v) is 3.57. The van der Waals surface area contributed by atoms with Crippen LogP contribution in [0.15, 0.2) is 0 Å². The maximum atomic E-state index is 5.60. The van der Waals surface area contributed by atoms with Gasteiger partial charge in [-0.15, -0.1) is 0 Å². The van der Waals surface area contributed by atoms with Crippen molar-refractivity contribution in [2.45, 2.75) is 32.2 Å². The molecule has 0 saturated carbocycles. The largest absolute Gasteiger partial charge is 0.373 e. The maximum absolute atomic E-state index is 5.60. The summed E-state index contributed by atoms with van der Waals surface area (Å²) in [5.74, 6) is 0.528. The van der Waals surface area contributed by atoms with E-state index in [1.54, 1.807) is 0 Å². The molecule has 3 nitrogen and oxygen atoms in total. The SMILES string of the molecule is CCO[C@H]1CO[C@@H]2[C@H]1OC[C@H]2C. The first-order valence-corrected chi connectivity index (χ1v) is 4.67. The van der Waals surface area contributed by atoms with Gasteiger partial charge in [0.2, 0.25) is 0 Å². The Bertz CT molecular complexity index is 160. The minimum atomic E-state index is 0.171. The number of rotatable bonds is 2. The van der Waals surface area contributed by atoms with Crippen molar-refractivity contribution in [1.29, 1.82) is 0 Å². The zero-order valence-corrected chi connectivity index (χ0v) is 7.66. The van der Waals surface area contributed by atoms with Crippen LogP contribution in [0.3, 0.4) is 0 Å². The second kappa shape index (κ2) is 3.32. The summed E-state index contributed by atoms with van der Waals surface area (Å²) in [5, 5.41) is 0. The van der Waals surface area contributed by atoms with Crippen LogP contribution in [0.2, 0.25) is 0 Å². The molecule has 2 aliphatic rings. The van der Waals surface area contributed by atoms with Gasteiger partial charge in [0.05, 0.1) is 19.3 Å². The van der Waals surface area contributed by atoms with Gasteiger partial charge in [0.15, 0.2) is 0 Å². The summed E-state index contributed by atoms with van der Waals surface area (Å²) in [6, 6.07) is 0. The van der Waals surface area contributed by atoms with E-state index in [9.17, 15) is 0 Å². The van der Waals surface area contributed by atoms with Gasteiger partial charge in [0.25, 0.3) is 0 Å². The predicted molar refractivity (Wildman–Crippen MR) is 44.1 cm³/mol. The Labute approximate surface area is 73.0 Å². The van der Waals surface area contributed by atoms with E-state index in [0.29, 0.717) is 12.5 Å². The van der Waals surface area contributed by atoms with Crippen LogP contribution in [0, 0.1) is 5.92 Å². The Morgan fingerprint density at radius 1 is 1.25 bits per heavy atom. The fraction of sp³-hybridized carbons (Fsp3) is 1.00. The van der Waals surface area contributed by atoms with Gasteiger partial charge in [-0.25, -0.2) is 0 Å². The minimum absolute atomic E-state index is 0.171. The smallest absolute Gasteiger partial charge is 0.112 e. The highest BCUT2D eigenvalue weighted by Gasteiger charge is 2.46. The highest BCUT2D eigenvalue weighted by atomic mass is 16.6. The molecule has 70 valence electrons. The van der Waals surface area contributed by atoms with Crippen LogP contribution in [0.5, 0.6) is 0 Å². The molecule has 0 N–H and O–H groups in total. The third-order valence-corrected chi connectivity index (χ3v) is 2.64. The van der Waals surface area contributed by atoms with Crippen LogP contribution < -0.4 is 0 Å². The average molecular weight is 172 g/mol. The molecule has 2 aliphatic heterocycles. The Morgan fingerprint density at radius 2 is 2.00 bits per heavy atom. The molecule has 0 aliphatic carbocycles. The van der Waals surface area contributed by atoms with Crippen LogP contribution in [-0.4, -0.2) is 38.1 Å². The fourth-order valence-corrected chi connectivity index (χ4v) is 2.01. The quantitative estimate of drug-likeness (QED) is 0.617. The van der Waals surface area contributed by atoms with Crippen molar-refractivity contribution in [2.75, 3.05) is 19.8 Å². The standard InChI is InChI=1S/C9H16O3/c1-3-10-7-5-12-8-6(2)4-11-9(7)8/h6-9H,3-5H2,1-2H3/t6-,7+,8+,9+/m1/s1. The first-order chi connectivity index (χ1) is 5.83. The Kier molecular flexibility index (Phi) is 2.35. The normalized spacial score (nSPS) is 46.5. The molecule has 0 bridgehead atoms. The lowest BCUT2D eigenvalue weighted by atomic mass is 10.0. The minimum Gasteiger partial charge on any atom is -0.373 e. The lowest BCUT2D eigenvalue weighted by Crippen LogP contribution is -2.30. The van der Waals surface area contributed by atoms with Gasteiger partial charge < -0.3 is 14.2 Å². The Hall–Kier alpha value is -0.120. The molecule has 0 aromatic heterocycles. The summed E-state index contributed by atoms with van der Waals surface area (Å²) >= 11 is 0. The molecule has 12 heavy (non-hydrogen) atoms. The maximum Gasteiger partial charge on any atom is 0.112 e. The van der Waals surface area contributed by atoms with Gasteiger partial charge in [-0.05, 0) is 6.92 Å². The summed E-state index contributed by atoms with van der Waals surface area (Å²) < 4.78 is 16.7. The van der Waals surface area contributed by atoms with E-state index in [1.807, 2.05) is 6.92 Å². The van der Waals surface area contributed by atoms with E-state index in [1.165, 1.54) is 0 Å². The number of ether oxygens (including phenoxy) is 3. The topological polar surface area (TPSA) is 27.7 Å². The van der Waals surface area contributed by atoms with E-state index in [-0.39, 0.29) is 18.3 Å². The molecule has 0 radical (unpaired) electrons. The predicted octanol–water partition coefficient (Wildman–Crippen LogP) is 0.825. The van der Waals surface area contributed by atoms with Gasteiger partial charge in [-0.2, -0.15) is 0 Å². The molecule has 2 fully saturated rings. The zero-order chi connectivity index (χ0) is 8.55. The van der Waals surface area contributed by atoms with Crippen molar-refractivity contribution in [3.05, 3.63) is 0 Å². The highest BCUT2D eigenvalue weighted by Crippen LogP contribution is 2.31. The molecule has 0 aromatic rings. The van der Waals surface area contributed by atoms with Gasteiger partial charge in [-0.3, -0.25) is 0 Å². The van der Waals surface area contributed by atoms with Crippen molar-refractivity contribution in [3.8, 4) is 0 Å². The summed E-state index contributed by atoms with van der Waals surface area (Å²) in [6.45, 7) is 6.44. The molecule has 2 saturated heterocycles. The average Bonchev–Trinajstić information content (AvgIpc) is 2.58. The van der Waals surface area contributed by atoms with E-state index >= 15 is 0 Å². The molecular weight excluding hydrogens is 156 g/mol. The number of hydrogen-bond donors (Lipinski definition) is 0. The van der Waals surface area contributed by atoms with Gasteiger partial charge >= 0.3 is 0 Å². The van der Waals surface area contributed by atoms with Crippen molar-refractivity contribution in [3.63, 3.8) is 0 Å². The molecule has 4 atom stereocenters. The van der Waals surface area contributed by atoms with Crippen LogP contribution >= 0.6 is 0 Å². The van der Waals surface area contributed by atoms with Crippen molar-refractivity contribution >= 4 is 0 Å². The Balaban J connectivity index is 1.96. The monoisotopic (exact) mass is 172 g/mol. The molecule has 2 rings (SSSR count). The van der Waals surface area contributed by atoms with Crippen LogP contribution in [0.1, 0.15) is 13.8 Å². The highest BCUT2D eigenvalue weighted by molar-refractivity contribution is 4.93. The van der Waals surface area contributed by atoms with E-state index in [0.717, 1.165) is 13.2 Å². The third kappa shape index (κ3) is 1.26. The van der Waals surface area contributed by atoms with Gasteiger partial charge in [-0.1, -0.05) is 6.92 Å². The molecule has 2 heterocycles. The first kappa shape index (κ1) is 8.48. The summed E-state index contributed by atoms with van der Waals surface area (Å²) in [5.41, 5.74) is 0. The molecular formula is C9H16O3. The third-order valence-electron chi connectivity index (χ3n) is 2.64. The Morgan fingerprint density at radius 3 is 2.75 bits per heavy atom. The van der Waals surface area contributed by atoms with E-state index in [2.05, 4.69) is 6.92 Å². The van der Waals surface area contributed by atoms with Gasteiger partial charge in [0.1, 0.15) is 12.2 Å². The fourth-order valence-electron chi connectivity index (χ4n) is 2.01. The van der Waals surface area contributed by atoms with Crippen LogP contribution in [-0.2, 0) is 14.2 Å². The molecule has 3 heteroatoms. The first-order valence-electron chi connectivity index (χ1n) is 4.67. The van der Waals surface area contributed by atoms with Gasteiger partial charge in [0, 0.05) is 12.5 Å². The van der Waals surface area contributed by atoms with Crippen molar-refractivity contribution < 1.29 is 14.2 Å². The molecule has 0 unspecified atom stereocenters. The van der Waals surface area contributed by atoms with Crippen LogP contribution in [0.25, 0.3) is 0 Å². The molecule has 0 aromatic carbocycles. The zero-order valence-electron chi connectivity index (χ0n) is 7.66. The lowest BCUT2D eigenvalue weighted by molar-refractivity contribution is -0.0274. The van der Waals surface area contributed by atoms with Crippen LogP contribution in [0.4, 0.5) is 0 Å². The second-order valence-electron chi connectivity index (χ2n) is 3.57. The molecule has 0 spiro atoms. The summed E-state index contributed by atoms with van der Waals surface area (Å²) in [7, 11) is 0. The lowest BCUT2D eigenvalue weighted by Gasteiger charge is -2.15. The van der Waals surface area contributed by atoms with Crippen molar-refractivity contribution in [1.82, 2.24) is 0 Å². The van der Waals surface area contributed by atoms with E-state index in [4.69, 9.17) is 14.2 Å². The number of fused-ring (bicyclic) bond motifs is 1. The number of hydrogen-bond acceptors (Lipinski definition) is 3. The summed E-state index contributed by atoms with van der Waals surface area (Å²) in [6.07, 6.45) is 0.645. The van der Waals surface area contributed by atoms with Crippen molar-refractivity contribution in [2.24, 2.45) is 5.92 Å². The summed E-state index contributed by atoms with van der Waals surface area (Å²) in [4.78, 5) is 0. The molecule has 0 amide bonds. The van der Waals surface area contributed by atoms with E-state index < -0.39 is 0 Å².